The highest BCUT2D eigenvalue weighted by Crippen LogP contribution is 2.13. The molecule has 0 unspecified atom stereocenters. The van der Waals surface area contributed by atoms with E-state index in [-0.39, 0.29) is 0 Å². The van der Waals surface area contributed by atoms with Gasteiger partial charge in [0, 0.05) is 32.3 Å². The normalized spacial score (nSPS) is 10.4. The number of rotatable bonds is 10. The lowest BCUT2D eigenvalue weighted by molar-refractivity contribution is 0.0741. The summed E-state index contributed by atoms with van der Waals surface area (Å²) in [6.07, 6.45) is 0.711. The third-order valence-corrected chi connectivity index (χ3v) is 2.89. The summed E-state index contributed by atoms with van der Waals surface area (Å²) in [4.78, 5) is 2.77. The van der Waals surface area contributed by atoms with Gasteiger partial charge >= 0.3 is 0 Å². The molecule has 0 fully saturated rings. The van der Waals surface area contributed by atoms with Crippen LogP contribution in [-0.4, -0.2) is 45.0 Å². The van der Waals surface area contributed by atoms with Crippen LogP contribution in [0.1, 0.15) is 6.42 Å². The molecule has 106 valence electrons. The predicted octanol–water partition coefficient (Wildman–Crippen LogP) is 1.83. The maximum absolute atomic E-state index is 5.57. The average Bonchev–Trinajstić information content (AvgIpc) is 2.42. The van der Waals surface area contributed by atoms with Crippen molar-refractivity contribution in [1.29, 1.82) is 0 Å². The maximum atomic E-state index is 5.57. The quantitative estimate of drug-likeness (QED) is 0.524. The lowest BCUT2D eigenvalue weighted by Crippen LogP contribution is -2.31. The molecule has 0 heterocycles. The van der Waals surface area contributed by atoms with Crippen LogP contribution in [0.15, 0.2) is 30.3 Å². The summed E-state index contributed by atoms with van der Waals surface area (Å²) in [5, 5.41) is 0. The Labute approximate surface area is 120 Å². The minimum Gasteiger partial charge on any atom is -0.393 e. The van der Waals surface area contributed by atoms with Crippen molar-refractivity contribution in [3.05, 3.63) is 30.3 Å². The molecule has 0 atom stereocenters. The summed E-state index contributed by atoms with van der Waals surface area (Å²) in [6, 6.07) is 10.2. The molecule has 0 aliphatic heterocycles. The Hall–Kier alpha value is -1.17. The third kappa shape index (κ3) is 7.10. The number of benzene rings is 1. The molecule has 0 bridgehead atoms. The minimum atomic E-state index is 0.543. The fourth-order valence-electron chi connectivity index (χ4n) is 1.67. The lowest BCUT2D eigenvalue weighted by atomic mass is 10.2. The number of anilines is 1. The number of hydrogen-bond acceptors (Lipinski definition) is 4. The predicted molar refractivity (Wildman–Crippen MR) is 82.8 cm³/mol. The van der Waals surface area contributed by atoms with Crippen molar-refractivity contribution in [1.82, 2.24) is 0 Å². The maximum Gasteiger partial charge on any atom is 0.0745 e. The van der Waals surface area contributed by atoms with Gasteiger partial charge in [0.25, 0.3) is 0 Å². The zero-order valence-corrected chi connectivity index (χ0v) is 12.2. The number of thiocarbonyl (C=S) groups is 1. The van der Waals surface area contributed by atoms with Gasteiger partial charge in [-0.25, -0.2) is 0 Å². The van der Waals surface area contributed by atoms with Gasteiger partial charge < -0.3 is 20.1 Å². The van der Waals surface area contributed by atoms with Gasteiger partial charge in [-0.1, -0.05) is 30.4 Å². The summed E-state index contributed by atoms with van der Waals surface area (Å²) in [6.45, 7) is 3.53. The van der Waals surface area contributed by atoms with Gasteiger partial charge in [-0.2, -0.15) is 0 Å². The van der Waals surface area contributed by atoms with Crippen LogP contribution < -0.4 is 10.6 Å². The van der Waals surface area contributed by atoms with Crippen molar-refractivity contribution < 1.29 is 9.47 Å². The largest absolute Gasteiger partial charge is 0.393 e. The molecule has 0 aliphatic rings. The van der Waals surface area contributed by atoms with E-state index in [0.717, 1.165) is 18.8 Å². The Morgan fingerprint density at radius 1 is 1.16 bits per heavy atom. The molecule has 19 heavy (non-hydrogen) atoms. The van der Waals surface area contributed by atoms with Gasteiger partial charge in [-0.15, -0.1) is 0 Å². The highest BCUT2D eigenvalue weighted by molar-refractivity contribution is 7.80. The second-order valence-electron chi connectivity index (χ2n) is 4.14. The molecule has 1 aromatic carbocycles. The van der Waals surface area contributed by atoms with E-state index >= 15 is 0 Å². The molecule has 0 radical (unpaired) electrons. The Balaban J connectivity index is 2.43. The van der Waals surface area contributed by atoms with E-state index in [4.69, 9.17) is 27.4 Å². The highest BCUT2D eigenvalue weighted by Gasteiger charge is 2.06. The number of nitrogens with zero attached hydrogens (tertiary/aromatic N) is 1. The number of nitrogens with two attached hydrogens (primary N) is 1. The zero-order valence-electron chi connectivity index (χ0n) is 11.4. The van der Waals surface area contributed by atoms with Crippen LogP contribution in [0.25, 0.3) is 0 Å². The average molecular weight is 282 g/mol. The SMILES string of the molecule is COCCOCCN(CCC(N)=S)c1ccccc1. The molecule has 0 aliphatic carbocycles. The molecule has 4 nitrogen and oxygen atoms in total. The first-order valence-electron chi connectivity index (χ1n) is 6.39. The van der Waals surface area contributed by atoms with Gasteiger partial charge in [0.1, 0.15) is 0 Å². The third-order valence-electron chi connectivity index (χ3n) is 2.69. The first-order chi connectivity index (χ1) is 9.24. The molecule has 1 rings (SSSR count). The smallest absolute Gasteiger partial charge is 0.0745 e. The minimum absolute atomic E-state index is 0.543. The molecule has 0 saturated carbocycles. The van der Waals surface area contributed by atoms with Crippen LogP contribution in [0.4, 0.5) is 5.69 Å². The first kappa shape index (κ1) is 15.9. The van der Waals surface area contributed by atoms with E-state index in [1.165, 1.54) is 0 Å². The molecule has 5 heteroatoms. The summed E-state index contributed by atoms with van der Waals surface area (Å²) in [7, 11) is 1.67. The second-order valence-corrected chi connectivity index (χ2v) is 4.67. The molecule has 2 N–H and O–H groups in total. The van der Waals surface area contributed by atoms with Crippen LogP contribution in [0.2, 0.25) is 0 Å². The monoisotopic (exact) mass is 282 g/mol. The van der Waals surface area contributed by atoms with Crippen molar-refractivity contribution in [2.24, 2.45) is 5.73 Å². The highest BCUT2D eigenvalue weighted by atomic mass is 32.1. The zero-order chi connectivity index (χ0) is 13.9. The molecular formula is C14H22N2O2S. The Kier molecular flexibility index (Phi) is 8.13. The van der Waals surface area contributed by atoms with Gasteiger partial charge in [-0.05, 0) is 12.1 Å². The summed E-state index contributed by atoms with van der Waals surface area (Å²) < 4.78 is 10.4. The Bertz CT molecular complexity index is 360. The van der Waals surface area contributed by atoms with Crippen molar-refractivity contribution in [2.75, 3.05) is 44.9 Å². The summed E-state index contributed by atoms with van der Waals surface area (Å²) in [5.74, 6) is 0. The molecular weight excluding hydrogens is 260 g/mol. The van der Waals surface area contributed by atoms with E-state index in [2.05, 4.69) is 17.0 Å². The van der Waals surface area contributed by atoms with E-state index < -0.39 is 0 Å². The van der Waals surface area contributed by atoms with Crippen molar-refractivity contribution in [3.8, 4) is 0 Å². The van der Waals surface area contributed by atoms with Crippen molar-refractivity contribution in [3.63, 3.8) is 0 Å². The molecule has 0 aromatic heterocycles. The van der Waals surface area contributed by atoms with Crippen LogP contribution >= 0.6 is 12.2 Å². The van der Waals surface area contributed by atoms with Crippen molar-refractivity contribution >= 4 is 22.9 Å². The van der Waals surface area contributed by atoms with Gasteiger partial charge in [0.2, 0.25) is 0 Å². The van der Waals surface area contributed by atoms with Gasteiger partial charge in [0.15, 0.2) is 0 Å². The number of ether oxygens (including phenoxy) is 2. The molecule has 0 spiro atoms. The topological polar surface area (TPSA) is 47.7 Å². The summed E-state index contributed by atoms with van der Waals surface area (Å²) in [5.41, 5.74) is 6.73. The second kappa shape index (κ2) is 9.72. The van der Waals surface area contributed by atoms with Crippen LogP contribution in [0.3, 0.4) is 0 Å². The van der Waals surface area contributed by atoms with Crippen LogP contribution in [0, 0.1) is 0 Å². The Morgan fingerprint density at radius 2 is 1.89 bits per heavy atom. The standard InChI is InChI=1S/C14H22N2O2S/c1-17-11-12-18-10-9-16(8-7-14(15)19)13-5-3-2-4-6-13/h2-6H,7-12H2,1H3,(H2,15,19). The van der Waals surface area contributed by atoms with E-state index in [9.17, 15) is 0 Å². The van der Waals surface area contributed by atoms with Crippen LogP contribution in [-0.2, 0) is 9.47 Å². The number of methoxy groups -OCH3 is 1. The first-order valence-corrected chi connectivity index (χ1v) is 6.80. The van der Waals surface area contributed by atoms with Gasteiger partial charge in [0.05, 0.1) is 24.8 Å². The number of hydrogen-bond donors (Lipinski definition) is 1. The van der Waals surface area contributed by atoms with E-state index in [0.29, 0.717) is 31.2 Å². The van der Waals surface area contributed by atoms with E-state index in [1.54, 1.807) is 7.11 Å². The van der Waals surface area contributed by atoms with Crippen LogP contribution in [0.5, 0.6) is 0 Å². The van der Waals surface area contributed by atoms with Crippen molar-refractivity contribution in [2.45, 2.75) is 6.42 Å². The van der Waals surface area contributed by atoms with E-state index in [1.807, 2.05) is 18.2 Å². The Morgan fingerprint density at radius 3 is 2.53 bits per heavy atom. The summed E-state index contributed by atoms with van der Waals surface area (Å²) >= 11 is 4.94. The van der Waals surface area contributed by atoms with Gasteiger partial charge in [-0.3, -0.25) is 0 Å². The fraction of sp³-hybridized carbons (Fsp3) is 0.500. The fourth-order valence-corrected chi connectivity index (χ4v) is 1.76. The number of para-hydroxylation sites is 1. The lowest BCUT2D eigenvalue weighted by Gasteiger charge is -2.24. The molecule has 0 saturated heterocycles. The molecule has 0 amide bonds. The molecule has 1 aromatic rings.